The van der Waals surface area contributed by atoms with E-state index in [2.05, 4.69) is 32.2 Å². The van der Waals surface area contributed by atoms with Crippen molar-refractivity contribution < 1.29 is 28.8 Å². The van der Waals surface area contributed by atoms with Crippen molar-refractivity contribution >= 4 is 6.09 Å². The SMILES string of the molecule is CCC(C)(CO)NC(=O)O[C@@H]1CC[C@]2(CO2)[C@@H]([C@@]2(C)O[C@@H]2CC=C(C)C)[C@@H]1OC. The number of ether oxygens (including phenoxy) is 4. The van der Waals surface area contributed by atoms with E-state index < -0.39 is 11.6 Å². The van der Waals surface area contributed by atoms with E-state index >= 15 is 0 Å². The monoisotopic (exact) mass is 411 g/mol. The molecule has 2 heterocycles. The highest BCUT2D eigenvalue weighted by Gasteiger charge is 2.72. The Kier molecular flexibility index (Phi) is 6.35. The number of hydrogen-bond acceptors (Lipinski definition) is 6. The van der Waals surface area contributed by atoms with E-state index in [-0.39, 0.29) is 42.0 Å². The fraction of sp³-hybridized carbons (Fsp3) is 0.864. The van der Waals surface area contributed by atoms with Crippen LogP contribution in [0.4, 0.5) is 4.79 Å². The molecular weight excluding hydrogens is 374 g/mol. The number of carbonyl (C=O) groups is 1. The van der Waals surface area contributed by atoms with Gasteiger partial charge in [-0.25, -0.2) is 4.79 Å². The van der Waals surface area contributed by atoms with E-state index in [0.717, 1.165) is 12.8 Å². The van der Waals surface area contributed by atoms with Gasteiger partial charge in [0.05, 0.1) is 30.8 Å². The molecule has 1 amide bonds. The van der Waals surface area contributed by atoms with Crippen LogP contribution in [-0.2, 0) is 18.9 Å². The zero-order chi connectivity index (χ0) is 21.4. The van der Waals surface area contributed by atoms with Gasteiger partial charge in [-0.15, -0.1) is 0 Å². The Morgan fingerprint density at radius 3 is 2.62 bits per heavy atom. The van der Waals surface area contributed by atoms with Crippen LogP contribution >= 0.6 is 0 Å². The third-order valence-electron chi connectivity index (χ3n) is 7.03. The number of alkyl carbamates (subject to hydrolysis) is 1. The van der Waals surface area contributed by atoms with E-state index in [4.69, 9.17) is 18.9 Å². The Bertz CT molecular complexity index is 637. The van der Waals surface area contributed by atoms with E-state index in [1.807, 2.05) is 6.92 Å². The molecule has 1 saturated carbocycles. The lowest BCUT2D eigenvalue weighted by Gasteiger charge is -2.43. The van der Waals surface area contributed by atoms with E-state index in [1.54, 1.807) is 14.0 Å². The number of aliphatic hydroxyl groups excluding tert-OH is 1. The fourth-order valence-electron chi connectivity index (χ4n) is 4.72. The second-order valence-corrected chi connectivity index (χ2v) is 9.52. The van der Waals surface area contributed by atoms with Crippen molar-refractivity contribution in [3.05, 3.63) is 11.6 Å². The van der Waals surface area contributed by atoms with E-state index in [9.17, 15) is 9.90 Å². The molecule has 1 aliphatic carbocycles. The summed E-state index contributed by atoms with van der Waals surface area (Å²) in [5.74, 6) is -0.00230. The Hall–Kier alpha value is -1.15. The number of allylic oxidation sites excluding steroid dienone is 1. The molecule has 2 N–H and O–H groups in total. The number of rotatable bonds is 8. The van der Waals surface area contributed by atoms with Crippen molar-refractivity contribution in [3.8, 4) is 0 Å². The number of amides is 1. The van der Waals surface area contributed by atoms with Crippen molar-refractivity contribution in [2.75, 3.05) is 20.3 Å². The molecule has 0 aromatic rings. The van der Waals surface area contributed by atoms with Crippen LogP contribution in [0.1, 0.15) is 60.3 Å². The topological polar surface area (TPSA) is 92.9 Å². The third kappa shape index (κ3) is 4.48. The maximum atomic E-state index is 12.5. The van der Waals surface area contributed by atoms with Gasteiger partial charge in [-0.05, 0) is 53.4 Å². The van der Waals surface area contributed by atoms with Crippen LogP contribution in [0.2, 0.25) is 0 Å². The summed E-state index contributed by atoms with van der Waals surface area (Å²) in [6, 6.07) is 0. The molecule has 3 fully saturated rings. The number of aliphatic hydroxyl groups is 1. The van der Waals surface area contributed by atoms with Crippen molar-refractivity contribution in [3.63, 3.8) is 0 Å². The second kappa shape index (κ2) is 8.17. The summed E-state index contributed by atoms with van der Waals surface area (Å²) in [6.45, 7) is 10.6. The maximum Gasteiger partial charge on any atom is 0.408 e. The number of epoxide rings is 2. The van der Waals surface area contributed by atoms with Crippen LogP contribution in [0.5, 0.6) is 0 Å². The number of carbonyl (C=O) groups excluding carboxylic acids is 1. The van der Waals surface area contributed by atoms with Gasteiger partial charge >= 0.3 is 6.09 Å². The van der Waals surface area contributed by atoms with Gasteiger partial charge in [0.2, 0.25) is 0 Å². The summed E-state index contributed by atoms with van der Waals surface area (Å²) in [6.07, 6.45) is 4.06. The Morgan fingerprint density at radius 1 is 1.41 bits per heavy atom. The van der Waals surface area contributed by atoms with Gasteiger partial charge in [-0.2, -0.15) is 0 Å². The van der Waals surface area contributed by atoms with Gasteiger partial charge in [0.1, 0.15) is 23.4 Å². The average Bonchev–Trinajstić information content (AvgIpc) is 3.59. The highest BCUT2D eigenvalue weighted by molar-refractivity contribution is 5.68. The van der Waals surface area contributed by atoms with Crippen LogP contribution in [0, 0.1) is 5.92 Å². The zero-order valence-corrected chi connectivity index (χ0v) is 18.6. The van der Waals surface area contributed by atoms with Crippen molar-refractivity contribution in [1.29, 1.82) is 0 Å². The molecule has 2 aliphatic heterocycles. The van der Waals surface area contributed by atoms with Crippen LogP contribution < -0.4 is 5.32 Å². The number of methoxy groups -OCH3 is 1. The normalized spacial score (nSPS) is 40.1. The minimum atomic E-state index is -0.699. The van der Waals surface area contributed by atoms with Gasteiger partial charge in [0.25, 0.3) is 0 Å². The molecule has 3 rings (SSSR count). The molecule has 0 bridgehead atoms. The first-order valence-corrected chi connectivity index (χ1v) is 10.7. The first-order valence-electron chi connectivity index (χ1n) is 10.7. The minimum Gasteiger partial charge on any atom is -0.443 e. The third-order valence-corrected chi connectivity index (χ3v) is 7.03. The number of nitrogens with one attached hydrogen (secondary N) is 1. The highest BCUT2D eigenvalue weighted by atomic mass is 16.6. The molecule has 7 heteroatoms. The van der Waals surface area contributed by atoms with Crippen LogP contribution in [-0.4, -0.2) is 66.6 Å². The predicted octanol–water partition coefficient (Wildman–Crippen LogP) is 2.95. The lowest BCUT2D eigenvalue weighted by Crippen LogP contribution is -2.57. The fourth-order valence-corrected chi connectivity index (χ4v) is 4.72. The highest BCUT2D eigenvalue weighted by Crippen LogP contribution is 2.59. The van der Waals surface area contributed by atoms with Crippen LogP contribution in [0.3, 0.4) is 0 Å². The molecule has 0 aromatic carbocycles. The molecule has 2 saturated heterocycles. The van der Waals surface area contributed by atoms with Crippen LogP contribution in [0.25, 0.3) is 0 Å². The Morgan fingerprint density at radius 2 is 2.10 bits per heavy atom. The first-order chi connectivity index (χ1) is 13.6. The lowest BCUT2D eigenvalue weighted by molar-refractivity contribution is -0.118. The van der Waals surface area contributed by atoms with Gasteiger partial charge < -0.3 is 29.4 Å². The first kappa shape index (κ1) is 22.5. The Labute approximate surface area is 174 Å². The van der Waals surface area contributed by atoms with Crippen molar-refractivity contribution in [2.45, 2.75) is 95.4 Å². The van der Waals surface area contributed by atoms with Crippen molar-refractivity contribution in [2.24, 2.45) is 5.92 Å². The molecule has 1 spiro atoms. The second-order valence-electron chi connectivity index (χ2n) is 9.52. The van der Waals surface area contributed by atoms with Gasteiger partial charge in [-0.3, -0.25) is 0 Å². The molecule has 7 atom stereocenters. The molecule has 1 unspecified atom stereocenters. The molecule has 0 aromatic heterocycles. The summed E-state index contributed by atoms with van der Waals surface area (Å²) in [5.41, 5.74) is -0.0257. The largest absolute Gasteiger partial charge is 0.443 e. The van der Waals surface area contributed by atoms with Crippen molar-refractivity contribution in [1.82, 2.24) is 5.32 Å². The summed E-state index contributed by atoms with van der Waals surface area (Å²) in [5, 5.41) is 12.4. The molecule has 3 aliphatic rings. The van der Waals surface area contributed by atoms with Gasteiger partial charge in [0.15, 0.2) is 0 Å². The molecular formula is C22H37NO6. The minimum absolute atomic E-state index is 0.00230. The van der Waals surface area contributed by atoms with E-state index in [0.29, 0.717) is 19.4 Å². The summed E-state index contributed by atoms with van der Waals surface area (Å²) >= 11 is 0. The predicted molar refractivity (Wildman–Crippen MR) is 109 cm³/mol. The van der Waals surface area contributed by atoms with Crippen LogP contribution in [0.15, 0.2) is 11.6 Å². The molecule has 29 heavy (non-hydrogen) atoms. The maximum absolute atomic E-state index is 12.5. The molecule has 0 radical (unpaired) electrons. The summed E-state index contributed by atoms with van der Waals surface area (Å²) in [7, 11) is 1.66. The quantitative estimate of drug-likeness (QED) is 0.471. The molecule has 166 valence electrons. The van der Waals surface area contributed by atoms with Gasteiger partial charge in [-0.1, -0.05) is 18.6 Å². The standard InChI is InChI=1S/C22H37NO6/c1-7-20(4,12-24)23-19(25)28-15-10-11-22(13-27-22)18(17(15)26-6)21(5)16(29-21)9-8-14(2)3/h8,15-18,24H,7,9-13H2,1-6H3,(H,23,25)/t15-,16-,17-,18-,20?,21+,22+/m1/s1. The summed E-state index contributed by atoms with van der Waals surface area (Å²) in [4.78, 5) is 12.5. The molecule has 7 nitrogen and oxygen atoms in total. The number of hydrogen-bond donors (Lipinski definition) is 2. The Balaban J connectivity index is 1.72. The smallest absolute Gasteiger partial charge is 0.408 e. The van der Waals surface area contributed by atoms with E-state index in [1.165, 1.54) is 5.57 Å². The average molecular weight is 412 g/mol. The zero-order valence-electron chi connectivity index (χ0n) is 18.6. The summed E-state index contributed by atoms with van der Waals surface area (Å²) < 4.78 is 23.8. The lowest BCUT2D eigenvalue weighted by atomic mass is 9.68. The van der Waals surface area contributed by atoms with Gasteiger partial charge in [0, 0.05) is 7.11 Å².